The van der Waals surface area contributed by atoms with E-state index in [0.29, 0.717) is 47.8 Å². The first-order valence-corrected chi connectivity index (χ1v) is 13.9. The van der Waals surface area contributed by atoms with Crippen LogP contribution in [0.15, 0.2) is 60.9 Å². The number of carbonyl (C=O) groups excluding carboxylic acids is 1. The van der Waals surface area contributed by atoms with Crippen molar-refractivity contribution in [2.75, 3.05) is 23.7 Å². The molecular formula is C31H32N6O4. The number of hydrogen-bond donors (Lipinski definition) is 3. The summed E-state index contributed by atoms with van der Waals surface area (Å²) >= 11 is 0. The van der Waals surface area contributed by atoms with Crippen LogP contribution >= 0.6 is 0 Å². The third kappa shape index (κ3) is 5.63. The second-order valence-electron chi connectivity index (χ2n) is 10.9. The number of aromatic nitrogens is 3. The first-order chi connectivity index (χ1) is 19.9. The molecule has 0 radical (unpaired) electrons. The third-order valence-corrected chi connectivity index (χ3v) is 7.84. The summed E-state index contributed by atoms with van der Waals surface area (Å²) in [5, 5.41) is 17.5. The highest BCUT2D eigenvalue weighted by Gasteiger charge is 2.39. The van der Waals surface area contributed by atoms with Crippen molar-refractivity contribution in [2.24, 2.45) is 11.8 Å². The minimum Gasteiger partial charge on any atom is -0.465 e. The second kappa shape index (κ2) is 11.0. The van der Waals surface area contributed by atoms with Gasteiger partial charge in [0.25, 0.3) is 0 Å². The van der Waals surface area contributed by atoms with E-state index in [2.05, 4.69) is 27.5 Å². The molecule has 2 aromatic carbocycles. The number of piperidine rings is 1. The predicted molar refractivity (Wildman–Crippen MR) is 156 cm³/mol. The van der Waals surface area contributed by atoms with Gasteiger partial charge in [0.15, 0.2) is 0 Å². The Kier molecular flexibility index (Phi) is 7.13. The van der Waals surface area contributed by atoms with E-state index in [1.807, 2.05) is 49.4 Å². The van der Waals surface area contributed by atoms with Crippen molar-refractivity contribution in [1.29, 1.82) is 0 Å². The van der Waals surface area contributed by atoms with Crippen LogP contribution in [0.3, 0.4) is 0 Å². The van der Waals surface area contributed by atoms with Gasteiger partial charge >= 0.3 is 6.09 Å². The van der Waals surface area contributed by atoms with Crippen LogP contribution in [0, 0.1) is 18.8 Å². The highest BCUT2D eigenvalue weighted by Crippen LogP contribution is 2.41. The molecule has 2 amide bonds. The van der Waals surface area contributed by atoms with E-state index in [-0.39, 0.29) is 17.9 Å². The summed E-state index contributed by atoms with van der Waals surface area (Å²) in [7, 11) is 0. The third-order valence-electron chi connectivity index (χ3n) is 7.84. The monoisotopic (exact) mass is 552 g/mol. The summed E-state index contributed by atoms with van der Waals surface area (Å²) in [6, 6.07) is 15.2. The van der Waals surface area contributed by atoms with Gasteiger partial charge in [0.2, 0.25) is 17.7 Å². The lowest BCUT2D eigenvalue weighted by Crippen LogP contribution is -2.44. The fourth-order valence-corrected chi connectivity index (χ4v) is 5.39. The van der Waals surface area contributed by atoms with Gasteiger partial charge in [-0.1, -0.05) is 31.2 Å². The van der Waals surface area contributed by atoms with E-state index in [1.165, 1.54) is 4.90 Å². The maximum Gasteiger partial charge on any atom is 0.407 e. The lowest BCUT2D eigenvalue weighted by molar-refractivity contribution is -0.117. The number of nitrogens with one attached hydrogen (secondary N) is 2. The number of amides is 2. The Morgan fingerprint density at radius 1 is 1.05 bits per heavy atom. The Labute approximate surface area is 237 Å². The lowest BCUT2D eigenvalue weighted by atomic mass is 10.0. The standard InChI is InChI=1S/C31H32N6O4/c1-18-10-11-21-22(7-3-9-25(21)35-28(38)24-16-19(24)2)27(18)41-29-23(8-4-13-32-29)26-12-14-33-30(36-26)34-20-6-5-15-37(17-20)31(39)40/h3-4,7-14,19-20,24H,5-6,15-17H2,1-2H3,(H,35,38)(H,39,40)(H,33,34,36). The molecule has 2 aliphatic rings. The number of aryl methyl sites for hydroxylation is 1. The highest BCUT2D eigenvalue weighted by atomic mass is 16.5. The van der Waals surface area contributed by atoms with Crippen molar-refractivity contribution in [2.45, 2.75) is 39.2 Å². The zero-order valence-electron chi connectivity index (χ0n) is 23.0. The summed E-state index contributed by atoms with van der Waals surface area (Å²) in [5.74, 6) is 2.01. The number of fused-ring (bicyclic) bond motifs is 1. The summed E-state index contributed by atoms with van der Waals surface area (Å²) in [6.45, 7) is 4.98. The molecule has 1 saturated carbocycles. The summed E-state index contributed by atoms with van der Waals surface area (Å²) in [6.07, 6.45) is 4.96. The Hall–Kier alpha value is -4.73. The quantitative estimate of drug-likeness (QED) is 0.257. The number of carbonyl (C=O) groups is 2. The molecule has 10 heteroatoms. The maximum absolute atomic E-state index is 12.7. The molecule has 2 aromatic heterocycles. The SMILES string of the molecule is Cc1ccc2c(NC(=O)C3CC3C)cccc2c1Oc1ncccc1-c1ccnc(NC2CCCN(C(=O)O)C2)n1. The number of likely N-dealkylation sites (tertiary alicyclic amines) is 1. The van der Waals surface area contributed by atoms with Crippen LogP contribution in [0.1, 0.15) is 31.7 Å². The molecule has 3 unspecified atom stereocenters. The van der Waals surface area contributed by atoms with Gasteiger partial charge in [0, 0.05) is 53.9 Å². The fraction of sp³-hybridized carbons (Fsp3) is 0.323. The molecule has 0 spiro atoms. The molecule has 210 valence electrons. The number of rotatable bonds is 7. The van der Waals surface area contributed by atoms with Gasteiger partial charge in [-0.15, -0.1) is 0 Å². The summed E-state index contributed by atoms with van der Waals surface area (Å²) < 4.78 is 6.50. The van der Waals surface area contributed by atoms with Gasteiger partial charge in [0.05, 0.1) is 11.3 Å². The van der Waals surface area contributed by atoms with Crippen molar-refractivity contribution in [3.63, 3.8) is 0 Å². The molecule has 3 atom stereocenters. The Morgan fingerprint density at radius 2 is 1.90 bits per heavy atom. The Balaban J connectivity index is 1.28. The van der Waals surface area contributed by atoms with E-state index in [0.717, 1.165) is 41.3 Å². The number of benzene rings is 2. The minimum absolute atomic E-state index is 0.0529. The number of hydrogen-bond acceptors (Lipinski definition) is 7. The van der Waals surface area contributed by atoms with Crippen LogP contribution in [0.5, 0.6) is 11.6 Å². The second-order valence-corrected chi connectivity index (χ2v) is 10.9. The van der Waals surface area contributed by atoms with Crippen molar-refractivity contribution in [3.05, 3.63) is 66.5 Å². The van der Waals surface area contributed by atoms with Gasteiger partial charge in [-0.3, -0.25) is 4.79 Å². The molecule has 6 rings (SSSR count). The van der Waals surface area contributed by atoms with Crippen LogP contribution < -0.4 is 15.4 Å². The van der Waals surface area contributed by atoms with Crippen molar-refractivity contribution >= 4 is 34.4 Å². The molecule has 10 nitrogen and oxygen atoms in total. The number of carboxylic acid groups (broad SMARTS) is 1. The predicted octanol–water partition coefficient (Wildman–Crippen LogP) is 5.94. The molecular weight excluding hydrogens is 520 g/mol. The summed E-state index contributed by atoms with van der Waals surface area (Å²) in [5.41, 5.74) is 3.00. The number of ether oxygens (including phenoxy) is 1. The van der Waals surface area contributed by atoms with Crippen molar-refractivity contribution < 1.29 is 19.4 Å². The summed E-state index contributed by atoms with van der Waals surface area (Å²) in [4.78, 5) is 39.1. The fourth-order valence-electron chi connectivity index (χ4n) is 5.39. The molecule has 1 aliphatic carbocycles. The smallest absolute Gasteiger partial charge is 0.407 e. The topological polar surface area (TPSA) is 130 Å². The molecule has 1 aliphatic heterocycles. The number of nitrogens with zero attached hydrogens (tertiary/aromatic N) is 4. The van der Waals surface area contributed by atoms with Gasteiger partial charge in [0.1, 0.15) is 5.75 Å². The highest BCUT2D eigenvalue weighted by molar-refractivity contribution is 6.05. The zero-order valence-corrected chi connectivity index (χ0v) is 23.0. The molecule has 3 heterocycles. The number of pyridine rings is 1. The Morgan fingerprint density at radius 3 is 2.71 bits per heavy atom. The molecule has 41 heavy (non-hydrogen) atoms. The first kappa shape index (κ1) is 26.5. The molecule has 4 aromatic rings. The number of anilines is 2. The van der Waals surface area contributed by atoms with E-state index in [1.54, 1.807) is 18.5 Å². The lowest BCUT2D eigenvalue weighted by Gasteiger charge is -2.31. The van der Waals surface area contributed by atoms with Gasteiger partial charge < -0.3 is 25.4 Å². The maximum atomic E-state index is 12.7. The minimum atomic E-state index is -0.918. The van der Waals surface area contributed by atoms with Crippen LogP contribution in [-0.2, 0) is 4.79 Å². The van der Waals surface area contributed by atoms with Gasteiger partial charge in [-0.05, 0) is 61.9 Å². The Bertz CT molecular complexity index is 1630. The van der Waals surface area contributed by atoms with E-state index in [4.69, 9.17) is 9.72 Å². The van der Waals surface area contributed by atoms with E-state index >= 15 is 0 Å². The first-order valence-electron chi connectivity index (χ1n) is 13.9. The van der Waals surface area contributed by atoms with Crippen molar-refractivity contribution in [3.8, 4) is 22.9 Å². The van der Waals surface area contributed by atoms with Gasteiger partial charge in [-0.2, -0.15) is 0 Å². The molecule has 0 bridgehead atoms. The molecule has 2 fully saturated rings. The largest absolute Gasteiger partial charge is 0.465 e. The van der Waals surface area contributed by atoms with E-state index in [9.17, 15) is 14.7 Å². The normalized spacial score (nSPS) is 20.0. The van der Waals surface area contributed by atoms with Crippen LogP contribution in [0.4, 0.5) is 16.4 Å². The van der Waals surface area contributed by atoms with Crippen LogP contribution in [0.25, 0.3) is 22.0 Å². The van der Waals surface area contributed by atoms with Gasteiger partial charge in [-0.25, -0.2) is 19.7 Å². The molecule has 3 N–H and O–H groups in total. The van der Waals surface area contributed by atoms with Crippen molar-refractivity contribution in [1.82, 2.24) is 19.9 Å². The van der Waals surface area contributed by atoms with E-state index < -0.39 is 6.09 Å². The average molecular weight is 553 g/mol. The molecule has 1 saturated heterocycles. The van der Waals surface area contributed by atoms with Crippen LogP contribution in [-0.4, -0.2) is 56.1 Å². The zero-order chi connectivity index (χ0) is 28.5. The average Bonchev–Trinajstić information content (AvgIpc) is 3.72. The van der Waals surface area contributed by atoms with Crippen LogP contribution in [0.2, 0.25) is 0 Å².